The molecule has 0 aromatic heterocycles. The zero-order valence-electron chi connectivity index (χ0n) is 21.2. The number of carboxylic acids is 1. The molecule has 2 rings (SSSR count). The molecule has 198 valence electrons. The van der Waals surface area contributed by atoms with Crippen molar-refractivity contribution in [2.75, 3.05) is 32.7 Å². The average Bonchev–Trinajstić information content (AvgIpc) is 2.85. The van der Waals surface area contributed by atoms with Gasteiger partial charge in [-0.15, -0.1) is 0 Å². The number of carbonyl (C=O) groups is 1. The Bertz CT molecular complexity index is 1090. The first-order valence-corrected chi connectivity index (χ1v) is 13.7. The van der Waals surface area contributed by atoms with Gasteiger partial charge in [-0.1, -0.05) is 37.6 Å². The molecule has 0 bridgehead atoms. The molecule has 2 aromatic carbocycles. The highest BCUT2D eigenvalue weighted by Gasteiger charge is 2.12. The van der Waals surface area contributed by atoms with E-state index >= 15 is 0 Å². The van der Waals surface area contributed by atoms with Crippen LogP contribution in [0.1, 0.15) is 49.8 Å². The van der Waals surface area contributed by atoms with Crippen molar-refractivity contribution >= 4 is 22.2 Å². The van der Waals surface area contributed by atoms with Crippen LogP contribution in [0.15, 0.2) is 48.2 Å². The van der Waals surface area contributed by atoms with Crippen LogP contribution in [0.4, 0.5) is 0 Å². The molecule has 2 aromatic rings. The van der Waals surface area contributed by atoms with Crippen molar-refractivity contribution in [1.82, 2.24) is 0 Å². The second-order valence-corrected chi connectivity index (χ2v) is 9.82. The van der Waals surface area contributed by atoms with E-state index in [0.29, 0.717) is 43.3 Å². The summed E-state index contributed by atoms with van der Waals surface area (Å²) in [5, 5.41) is 9.21. The fraction of sp³-hybridized carbons (Fsp3) is 0.444. The molecule has 0 aliphatic carbocycles. The molecule has 1 N–H and O–H groups in total. The molecule has 0 spiro atoms. The SMILES string of the molecule is CCCCS(=O)(=O)Oc1ccc(CCCc2ccc(C=C(OC)C(=O)O)cc2OCCOCC)cc1. The Hall–Kier alpha value is -3.04. The fourth-order valence-corrected chi connectivity index (χ4v) is 4.55. The summed E-state index contributed by atoms with van der Waals surface area (Å²) in [6.07, 6.45) is 5.18. The summed E-state index contributed by atoms with van der Waals surface area (Å²) in [5.41, 5.74) is 2.73. The van der Waals surface area contributed by atoms with Crippen molar-refractivity contribution in [3.63, 3.8) is 0 Å². The summed E-state index contributed by atoms with van der Waals surface area (Å²) in [7, 11) is -2.25. The second-order valence-electron chi connectivity index (χ2n) is 8.13. The van der Waals surface area contributed by atoms with Crippen LogP contribution in [-0.2, 0) is 37.2 Å². The highest BCUT2D eigenvalue weighted by molar-refractivity contribution is 7.87. The lowest BCUT2D eigenvalue weighted by atomic mass is 10.0. The van der Waals surface area contributed by atoms with Gasteiger partial charge < -0.3 is 23.5 Å². The smallest absolute Gasteiger partial charge is 0.371 e. The first kappa shape index (κ1) is 29.2. The molecule has 0 amide bonds. The highest BCUT2D eigenvalue weighted by Crippen LogP contribution is 2.25. The minimum absolute atomic E-state index is 0.0118. The summed E-state index contributed by atoms with van der Waals surface area (Å²) in [6, 6.07) is 12.7. The minimum Gasteiger partial charge on any atom is -0.491 e. The van der Waals surface area contributed by atoms with Gasteiger partial charge in [0.15, 0.2) is 0 Å². The standard InChI is InChI=1S/C27H36O8S/c1-4-6-18-36(30,31)35-24-14-11-21(12-15-24)8-7-9-23-13-10-22(20-26(32-3)27(28)29)19-25(23)34-17-16-33-5-2/h10-15,19-20H,4-9,16-18H2,1-3H3,(H,28,29). The molecule has 0 saturated heterocycles. The zero-order chi connectivity index (χ0) is 26.4. The largest absolute Gasteiger partial charge is 0.491 e. The Morgan fingerprint density at radius 2 is 1.75 bits per heavy atom. The van der Waals surface area contributed by atoms with Crippen molar-refractivity contribution in [3.8, 4) is 11.5 Å². The van der Waals surface area contributed by atoms with Gasteiger partial charge in [0.25, 0.3) is 0 Å². The maximum absolute atomic E-state index is 12.0. The summed E-state index contributed by atoms with van der Waals surface area (Å²) >= 11 is 0. The zero-order valence-corrected chi connectivity index (χ0v) is 22.0. The molecule has 0 unspecified atom stereocenters. The van der Waals surface area contributed by atoms with Gasteiger partial charge in [0.1, 0.15) is 18.1 Å². The number of carboxylic acid groups (broad SMARTS) is 1. The molecule has 0 heterocycles. The van der Waals surface area contributed by atoms with E-state index in [4.69, 9.17) is 18.4 Å². The number of aliphatic carboxylic acids is 1. The van der Waals surface area contributed by atoms with E-state index in [1.165, 1.54) is 13.2 Å². The highest BCUT2D eigenvalue weighted by atomic mass is 32.2. The van der Waals surface area contributed by atoms with Gasteiger partial charge in [0.05, 0.1) is 19.5 Å². The predicted octanol–water partition coefficient (Wildman–Crippen LogP) is 4.86. The average molecular weight is 521 g/mol. The minimum atomic E-state index is -3.56. The Morgan fingerprint density at radius 3 is 2.39 bits per heavy atom. The number of hydrogen-bond donors (Lipinski definition) is 1. The molecule has 9 heteroatoms. The van der Waals surface area contributed by atoms with Crippen LogP contribution in [0, 0.1) is 0 Å². The van der Waals surface area contributed by atoms with E-state index < -0.39 is 16.1 Å². The molecule has 0 saturated carbocycles. The molecule has 0 aliphatic rings. The predicted molar refractivity (Wildman–Crippen MR) is 139 cm³/mol. The van der Waals surface area contributed by atoms with Crippen molar-refractivity contribution in [1.29, 1.82) is 0 Å². The van der Waals surface area contributed by atoms with Gasteiger partial charge in [-0.25, -0.2) is 4.79 Å². The number of aryl methyl sites for hydroxylation is 2. The summed E-state index contributed by atoms with van der Waals surface area (Å²) in [6.45, 7) is 5.29. The van der Waals surface area contributed by atoms with E-state index in [2.05, 4.69) is 0 Å². The Kier molecular flexibility index (Phi) is 12.3. The van der Waals surface area contributed by atoms with E-state index in [-0.39, 0.29) is 11.5 Å². The van der Waals surface area contributed by atoms with Gasteiger partial charge in [0, 0.05) is 6.61 Å². The van der Waals surface area contributed by atoms with Crippen LogP contribution in [-0.4, -0.2) is 52.2 Å². The molecule has 36 heavy (non-hydrogen) atoms. The molecule has 0 radical (unpaired) electrons. The van der Waals surface area contributed by atoms with Crippen LogP contribution in [0.2, 0.25) is 0 Å². The Balaban J connectivity index is 2.03. The lowest BCUT2D eigenvalue weighted by molar-refractivity contribution is -0.135. The lowest BCUT2D eigenvalue weighted by Crippen LogP contribution is -2.13. The molecule has 0 fully saturated rings. The maximum Gasteiger partial charge on any atom is 0.371 e. The summed E-state index contributed by atoms with van der Waals surface area (Å²) in [4.78, 5) is 11.3. The number of rotatable bonds is 17. The van der Waals surface area contributed by atoms with Gasteiger partial charge >= 0.3 is 16.1 Å². The van der Waals surface area contributed by atoms with Crippen LogP contribution >= 0.6 is 0 Å². The van der Waals surface area contributed by atoms with Gasteiger partial charge in [0.2, 0.25) is 5.76 Å². The third-order valence-corrected chi connectivity index (χ3v) is 6.55. The summed E-state index contributed by atoms with van der Waals surface area (Å²) in [5.74, 6) is -0.299. The van der Waals surface area contributed by atoms with Crippen molar-refractivity contribution in [2.24, 2.45) is 0 Å². The van der Waals surface area contributed by atoms with E-state index in [9.17, 15) is 18.3 Å². The second kappa shape index (κ2) is 15.2. The summed E-state index contributed by atoms with van der Waals surface area (Å²) < 4.78 is 45.3. The van der Waals surface area contributed by atoms with E-state index in [0.717, 1.165) is 36.8 Å². The van der Waals surface area contributed by atoms with Gasteiger partial charge in [-0.05, 0) is 73.6 Å². The lowest BCUT2D eigenvalue weighted by Gasteiger charge is -2.13. The van der Waals surface area contributed by atoms with Crippen LogP contribution in [0.5, 0.6) is 11.5 Å². The van der Waals surface area contributed by atoms with Gasteiger partial charge in [-0.2, -0.15) is 8.42 Å². The normalized spacial score (nSPS) is 11.8. The third-order valence-electron chi connectivity index (χ3n) is 5.32. The fourth-order valence-electron chi connectivity index (χ4n) is 3.42. The Morgan fingerprint density at radius 1 is 1.00 bits per heavy atom. The molecule has 0 atom stereocenters. The van der Waals surface area contributed by atoms with Crippen LogP contribution in [0.3, 0.4) is 0 Å². The van der Waals surface area contributed by atoms with Crippen molar-refractivity contribution in [2.45, 2.75) is 46.0 Å². The van der Waals surface area contributed by atoms with Crippen molar-refractivity contribution < 1.29 is 36.7 Å². The van der Waals surface area contributed by atoms with Gasteiger partial charge in [-0.3, -0.25) is 0 Å². The quantitative estimate of drug-likeness (QED) is 0.136. The first-order chi connectivity index (χ1) is 17.3. The van der Waals surface area contributed by atoms with E-state index in [1.54, 1.807) is 18.2 Å². The first-order valence-electron chi connectivity index (χ1n) is 12.1. The molecular formula is C27H36O8S. The number of unbranched alkanes of at least 4 members (excludes halogenated alkanes) is 1. The van der Waals surface area contributed by atoms with Crippen molar-refractivity contribution in [3.05, 3.63) is 64.9 Å². The van der Waals surface area contributed by atoms with Crippen LogP contribution < -0.4 is 8.92 Å². The molecule has 0 aliphatic heterocycles. The molecule has 8 nitrogen and oxygen atoms in total. The van der Waals surface area contributed by atoms with Crippen LogP contribution in [0.25, 0.3) is 6.08 Å². The number of benzene rings is 2. The third kappa shape index (κ3) is 10.3. The topological polar surface area (TPSA) is 108 Å². The Labute approximate surface area is 214 Å². The number of methoxy groups -OCH3 is 1. The monoisotopic (exact) mass is 520 g/mol. The number of ether oxygens (including phenoxy) is 3. The van der Waals surface area contributed by atoms with E-state index in [1.807, 2.05) is 38.1 Å². The maximum atomic E-state index is 12.0. The number of hydrogen-bond acceptors (Lipinski definition) is 7. The molecular weight excluding hydrogens is 484 g/mol.